The molecule has 1 N–H and O–H groups in total. The molecule has 122 valence electrons. The summed E-state index contributed by atoms with van der Waals surface area (Å²) in [6.07, 6.45) is 2.90. The van der Waals surface area contributed by atoms with Gasteiger partial charge in [-0.15, -0.1) is 0 Å². The van der Waals surface area contributed by atoms with Gasteiger partial charge in [0, 0.05) is 23.1 Å². The molecule has 3 rings (SSSR count). The minimum Gasteiger partial charge on any atom is -0.338 e. The third kappa shape index (κ3) is 3.55. The number of rotatable bonds is 3. The van der Waals surface area contributed by atoms with Crippen LogP contribution in [-0.2, 0) is 0 Å². The van der Waals surface area contributed by atoms with Gasteiger partial charge in [-0.1, -0.05) is 21.1 Å². The predicted molar refractivity (Wildman–Crippen MR) is 89.8 cm³/mol. The average molecular weight is 379 g/mol. The molecule has 1 aliphatic heterocycles. The Morgan fingerprint density at radius 2 is 2.17 bits per heavy atom. The van der Waals surface area contributed by atoms with E-state index < -0.39 is 0 Å². The molecule has 2 aromatic rings. The van der Waals surface area contributed by atoms with E-state index in [1.54, 1.807) is 4.90 Å². The summed E-state index contributed by atoms with van der Waals surface area (Å²) in [7, 11) is 0. The second-order valence-electron chi connectivity index (χ2n) is 5.50. The Bertz CT molecular complexity index is 671. The standard InChI is InChI=1S/C16H19BrN4O2/c1-2-18-16(22)21-10-4-3-5-13(21)15-19-14(20-23-15)11-6-8-12(17)9-7-11/h6-9,13H,2-5,10H2,1H3,(H,18,22). The van der Waals surface area contributed by atoms with Crippen molar-refractivity contribution in [2.24, 2.45) is 0 Å². The van der Waals surface area contributed by atoms with E-state index in [1.165, 1.54) is 0 Å². The van der Waals surface area contributed by atoms with E-state index >= 15 is 0 Å². The van der Waals surface area contributed by atoms with Gasteiger partial charge in [-0.3, -0.25) is 0 Å². The monoisotopic (exact) mass is 378 g/mol. The van der Waals surface area contributed by atoms with Crippen molar-refractivity contribution in [3.63, 3.8) is 0 Å². The van der Waals surface area contributed by atoms with E-state index in [1.807, 2.05) is 31.2 Å². The van der Waals surface area contributed by atoms with Crippen molar-refractivity contribution in [2.45, 2.75) is 32.2 Å². The molecule has 1 aliphatic rings. The van der Waals surface area contributed by atoms with Gasteiger partial charge in [-0.25, -0.2) is 4.79 Å². The third-order valence-electron chi connectivity index (χ3n) is 3.92. The maximum absolute atomic E-state index is 12.2. The molecular formula is C16H19BrN4O2. The molecule has 0 bridgehead atoms. The number of nitrogens with one attached hydrogen (secondary N) is 1. The van der Waals surface area contributed by atoms with Gasteiger partial charge in [-0.05, 0) is 50.5 Å². The minimum absolute atomic E-state index is 0.0689. The van der Waals surface area contributed by atoms with Crippen LogP contribution in [0.3, 0.4) is 0 Å². The number of hydrogen-bond acceptors (Lipinski definition) is 4. The van der Waals surface area contributed by atoms with Crippen LogP contribution in [0.25, 0.3) is 11.4 Å². The van der Waals surface area contributed by atoms with E-state index in [4.69, 9.17) is 4.52 Å². The van der Waals surface area contributed by atoms with Crippen molar-refractivity contribution in [3.05, 3.63) is 34.6 Å². The maximum Gasteiger partial charge on any atom is 0.318 e. The number of aromatic nitrogens is 2. The summed E-state index contributed by atoms with van der Waals surface area (Å²) in [5.74, 6) is 1.06. The lowest BCUT2D eigenvalue weighted by molar-refractivity contribution is 0.132. The highest BCUT2D eigenvalue weighted by Crippen LogP contribution is 2.31. The van der Waals surface area contributed by atoms with Crippen molar-refractivity contribution in [2.75, 3.05) is 13.1 Å². The van der Waals surface area contributed by atoms with Gasteiger partial charge in [0.25, 0.3) is 0 Å². The van der Waals surface area contributed by atoms with Crippen molar-refractivity contribution < 1.29 is 9.32 Å². The fourth-order valence-electron chi connectivity index (χ4n) is 2.77. The largest absolute Gasteiger partial charge is 0.338 e. The van der Waals surface area contributed by atoms with Gasteiger partial charge in [0.2, 0.25) is 11.7 Å². The first kappa shape index (κ1) is 16.0. The van der Waals surface area contributed by atoms with Crippen LogP contribution >= 0.6 is 15.9 Å². The van der Waals surface area contributed by atoms with E-state index in [0.29, 0.717) is 24.8 Å². The zero-order valence-corrected chi connectivity index (χ0v) is 14.5. The zero-order chi connectivity index (χ0) is 16.2. The highest BCUT2D eigenvalue weighted by molar-refractivity contribution is 9.10. The molecule has 0 radical (unpaired) electrons. The highest BCUT2D eigenvalue weighted by atomic mass is 79.9. The normalized spacial score (nSPS) is 18.0. The number of nitrogens with zero attached hydrogens (tertiary/aromatic N) is 3. The van der Waals surface area contributed by atoms with Gasteiger partial charge < -0.3 is 14.7 Å². The topological polar surface area (TPSA) is 71.3 Å². The number of carbonyl (C=O) groups excluding carboxylic acids is 1. The molecule has 0 aliphatic carbocycles. The first-order chi connectivity index (χ1) is 11.2. The van der Waals surface area contributed by atoms with Gasteiger partial charge in [0.15, 0.2) is 0 Å². The molecule has 1 saturated heterocycles. The molecule has 0 spiro atoms. The number of hydrogen-bond donors (Lipinski definition) is 1. The summed E-state index contributed by atoms with van der Waals surface area (Å²) in [6.45, 7) is 3.23. The van der Waals surface area contributed by atoms with Crippen LogP contribution < -0.4 is 5.32 Å². The fourth-order valence-corrected chi connectivity index (χ4v) is 3.04. The number of carbonyl (C=O) groups is 1. The number of piperidine rings is 1. The smallest absolute Gasteiger partial charge is 0.318 e. The molecule has 2 amide bonds. The maximum atomic E-state index is 12.2. The molecule has 23 heavy (non-hydrogen) atoms. The molecule has 1 aromatic carbocycles. The van der Waals surface area contributed by atoms with Crippen LogP contribution in [-0.4, -0.2) is 34.2 Å². The average Bonchev–Trinajstić information content (AvgIpc) is 3.05. The van der Waals surface area contributed by atoms with Gasteiger partial charge in [-0.2, -0.15) is 4.98 Å². The lowest BCUT2D eigenvalue weighted by atomic mass is 10.0. The van der Waals surface area contributed by atoms with Gasteiger partial charge in [0.05, 0.1) is 0 Å². The molecular weight excluding hydrogens is 360 g/mol. The summed E-state index contributed by atoms with van der Waals surface area (Å²) in [6, 6.07) is 7.52. The van der Waals surface area contributed by atoms with Crippen molar-refractivity contribution >= 4 is 22.0 Å². The second-order valence-corrected chi connectivity index (χ2v) is 6.42. The third-order valence-corrected chi connectivity index (χ3v) is 4.45. The predicted octanol–water partition coefficient (Wildman–Crippen LogP) is 3.76. The summed E-state index contributed by atoms with van der Waals surface area (Å²) in [5, 5.41) is 6.92. The molecule has 7 heteroatoms. The summed E-state index contributed by atoms with van der Waals surface area (Å²) >= 11 is 3.41. The van der Waals surface area contributed by atoms with Crippen LogP contribution in [0.2, 0.25) is 0 Å². The van der Waals surface area contributed by atoms with Crippen LogP contribution in [0.1, 0.15) is 38.1 Å². The Labute approximate surface area is 143 Å². The molecule has 1 aromatic heterocycles. The van der Waals surface area contributed by atoms with Gasteiger partial charge >= 0.3 is 6.03 Å². The number of likely N-dealkylation sites (tertiary alicyclic amines) is 1. The van der Waals surface area contributed by atoms with Gasteiger partial charge in [0.1, 0.15) is 6.04 Å². The molecule has 1 unspecified atom stereocenters. The number of benzene rings is 1. The lowest BCUT2D eigenvalue weighted by Gasteiger charge is -2.33. The molecule has 1 atom stereocenters. The Morgan fingerprint density at radius 3 is 2.91 bits per heavy atom. The second kappa shape index (κ2) is 7.12. The lowest BCUT2D eigenvalue weighted by Crippen LogP contribution is -2.44. The Morgan fingerprint density at radius 1 is 1.39 bits per heavy atom. The Balaban J connectivity index is 1.82. The number of urea groups is 1. The minimum atomic E-state index is -0.146. The quantitative estimate of drug-likeness (QED) is 0.882. The first-order valence-electron chi connectivity index (χ1n) is 7.83. The first-order valence-corrected chi connectivity index (χ1v) is 8.62. The van der Waals surface area contributed by atoms with Crippen molar-refractivity contribution in [3.8, 4) is 11.4 Å². The van der Waals surface area contributed by atoms with Crippen LogP contribution in [0.4, 0.5) is 4.79 Å². The molecule has 6 nitrogen and oxygen atoms in total. The molecule has 0 saturated carbocycles. The van der Waals surface area contributed by atoms with E-state index in [9.17, 15) is 4.79 Å². The van der Waals surface area contributed by atoms with E-state index in [-0.39, 0.29) is 12.1 Å². The zero-order valence-electron chi connectivity index (χ0n) is 13.0. The SMILES string of the molecule is CCNC(=O)N1CCCCC1c1nc(-c2ccc(Br)cc2)no1. The summed E-state index contributed by atoms with van der Waals surface area (Å²) in [5.41, 5.74) is 0.892. The Kier molecular flexibility index (Phi) is 4.95. The molecule has 1 fully saturated rings. The fraction of sp³-hybridized carbons (Fsp3) is 0.438. The van der Waals surface area contributed by atoms with Crippen LogP contribution in [0.5, 0.6) is 0 Å². The number of halogens is 1. The van der Waals surface area contributed by atoms with E-state index in [2.05, 4.69) is 31.4 Å². The van der Waals surface area contributed by atoms with Crippen LogP contribution in [0, 0.1) is 0 Å². The summed E-state index contributed by atoms with van der Waals surface area (Å²) in [4.78, 5) is 18.5. The number of amides is 2. The van der Waals surface area contributed by atoms with Crippen molar-refractivity contribution in [1.82, 2.24) is 20.4 Å². The van der Waals surface area contributed by atoms with Crippen molar-refractivity contribution in [1.29, 1.82) is 0 Å². The Hall–Kier alpha value is -1.89. The summed E-state index contributed by atoms with van der Waals surface area (Å²) < 4.78 is 6.45. The molecule has 2 heterocycles. The van der Waals surface area contributed by atoms with Crippen LogP contribution in [0.15, 0.2) is 33.3 Å². The highest BCUT2D eigenvalue weighted by Gasteiger charge is 2.32. The van der Waals surface area contributed by atoms with E-state index in [0.717, 1.165) is 29.3 Å².